The molecule has 2 unspecified atom stereocenters. The summed E-state index contributed by atoms with van der Waals surface area (Å²) in [5, 5.41) is 15.8. The minimum absolute atomic E-state index is 0.00337. The van der Waals surface area contributed by atoms with E-state index in [4.69, 9.17) is 9.47 Å². The zero-order chi connectivity index (χ0) is 20.7. The summed E-state index contributed by atoms with van der Waals surface area (Å²) < 4.78 is 9.44. The molecule has 27 heavy (non-hydrogen) atoms. The highest BCUT2D eigenvalue weighted by Crippen LogP contribution is 2.25. The number of nitro groups is 1. The van der Waals surface area contributed by atoms with E-state index in [2.05, 4.69) is 10.6 Å². The summed E-state index contributed by atoms with van der Waals surface area (Å²) in [6, 6.07) is 3.41. The largest absolute Gasteiger partial charge is 0.453 e. The molecule has 2 amide bonds. The van der Waals surface area contributed by atoms with Gasteiger partial charge < -0.3 is 20.1 Å². The lowest BCUT2D eigenvalue weighted by Gasteiger charge is -2.14. The second-order valence-corrected chi connectivity index (χ2v) is 5.51. The van der Waals surface area contributed by atoms with Gasteiger partial charge >= 0.3 is 11.9 Å². The van der Waals surface area contributed by atoms with E-state index in [0.29, 0.717) is 0 Å². The number of ether oxygens (including phenoxy) is 2. The van der Waals surface area contributed by atoms with Gasteiger partial charge in [-0.25, -0.2) is 0 Å². The molecule has 146 valence electrons. The van der Waals surface area contributed by atoms with Gasteiger partial charge in [-0.1, -0.05) is 0 Å². The standard InChI is InChI=1S/C16H19N3O8/c1-8(26-10(3)20)15(22)17-12-5-13(7-14(6-12)19(24)25)18-16(23)9(2)27-11(4)21/h5-9H,1-4H3,(H,17,22)(H,18,23). The van der Waals surface area contributed by atoms with Crippen molar-refractivity contribution in [2.45, 2.75) is 39.9 Å². The predicted octanol–water partition coefficient (Wildman–Crippen LogP) is 1.37. The molecule has 11 nitrogen and oxygen atoms in total. The average Bonchev–Trinajstić information content (AvgIpc) is 2.53. The Kier molecular flexibility index (Phi) is 7.39. The van der Waals surface area contributed by atoms with Crippen LogP contribution in [-0.4, -0.2) is 40.9 Å². The number of anilines is 2. The Morgan fingerprint density at radius 3 is 1.56 bits per heavy atom. The topological polar surface area (TPSA) is 154 Å². The Balaban J connectivity index is 3.02. The van der Waals surface area contributed by atoms with Crippen LogP contribution in [0.25, 0.3) is 0 Å². The van der Waals surface area contributed by atoms with E-state index >= 15 is 0 Å². The van der Waals surface area contributed by atoms with E-state index in [9.17, 15) is 29.3 Å². The third kappa shape index (κ3) is 7.10. The van der Waals surface area contributed by atoms with Crippen molar-refractivity contribution in [2.75, 3.05) is 10.6 Å². The maximum Gasteiger partial charge on any atom is 0.303 e. The van der Waals surface area contributed by atoms with Crippen molar-refractivity contribution in [3.63, 3.8) is 0 Å². The van der Waals surface area contributed by atoms with Crippen molar-refractivity contribution in [3.05, 3.63) is 28.3 Å². The lowest BCUT2D eigenvalue weighted by molar-refractivity contribution is -0.384. The van der Waals surface area contributed by atoms with Crippen LogP contribution < -0.4 is 10.6 Å². The smallest absolute Gasteiger partial charge is 0.303 e. The number of amides is 2. The van der Waals surface area contributed by atoms with E-state index in [1.807, 2.05) is 0 Å². The van der Waals surface area contributed by atoms with Crippen molar-refractivity contribution >= 4 is 40.8 Å². The molecule has 11 heteroatoms. The molecule has 0 aliphatic carbocycles. The summed E-state index contributed by atoms with van der Waals surface area (Å²) in [4.78, 5) is 56.1. The third-order valence-corrected chi connectivity index (χ3v) is 3.09. The molecule has 0 radical (unpaired) electrons. The Bertz CT molecular complexity index is 723. The van der Waals surface area contributed by atoms with Crippen LogP contribution in [0.3, 0.4) is 0 Å². The number of nitro benzene ring substituents is 1. The van der Waals surface area contributed by atoms with Gasteiger partial charge in [-0.3, -0.25) is 29.3 Å². The maximum atomic E-state index is 12.0. The minimum Gasteiger partial charge on any atom is -0.453 e. The molecule has 1 rings (SSSR count). The number of hydrogen-bond acceptors (Lipinski definition) is 8. The number of esters is 2. The van der Waals surface area contributed by atoms with E-state index < -0.39 is 46.6 Å². The van der Waals surface area contributed by atoms with Gasteiger partial charge in [0.15, 0.2) is 12.2 Å². The van der Waals surface area contributed by atoms with Gasteiger partial charge in [-0.2, -0.15) is 0 Å². The van der Waals surface area contributed by atoms with Gasteiger partial charge in [-0.15, -0.1) is 0 Å². The molecule has 1 aromatic carbocycles. The van der Waals surface area contributed by atoms with Crippen LogP contribution in [0.2, 0.25) is 0 Å². The zero-order valence-corrected chi connectivity index (χ0v) is 15.1. The number of nitrogens with one attached hydrogen (secondary N) is 2. The van der Waals surface area contributed by atoms with Gasteiger partial charge in [0.25, 0.3) is 17.5 Å². The van der Waals surface area contributed by atoms with E-state index in [1.54, 1.807) is 0 Å². The van der Waals surface area contributed by atoms with Gasteiger partial charge in [-0.05, 0) is 19.9 Å². The predicted molar refractivity (Wildman–Crippen MR) is 92.8 cm³/mol. The summed E-state index contributed by atoms with van der Waals surface area (Å²) in [5.74, 6) is -2.75. The molecule has 0 spiro atoms. The van der Waals surface area contributed by atoms with Crippen LogP contribution in [0, 0.1) is 10.1 Å². The molecule has 0 aliphatic rings. The molecule has 0 aliphatic heterocycles. The van der Waals surface area contributed by atoms with Crippen LogP contribution in [0.15, 0.2) is 18.2 Å². The molecular formula is C16H19N3O8. The first-order valence-corrected chi connectivity index (χ1v) is 7.75. The van der Waals surface area contributed by atoms with Crippen molar-refractivity contribution in [1.29, 1.82) is 0 Å². The van der Waals surface area contributed by atoms with E-state index in [-0.39, 0.29) is 11.4 Å². The Labute approximate surface area is 154 Å². The summed E-state index contributed by atoms with van der Waals surface area (Å²) in [5.41, 5.74) is -0.393. The normalized spacial score (nSPS) is 12.3. The molecule has 0 fully saturated rings. The van der Waals surface area contributed by atoms with Crippen LogP contribution in [0.5, 0.6) is 0 Å². The van der Waals surface area contributed by atoms with Crippen molar-refractivity contribution < 1.29 is 33.6 Å². The van der Waals surface area contributed by atoms with Gasteiger partial charge in [0, 0.05) is 37.4 Å². The molecule has 0 aromatic heterocycles. The minimum atomic E-state index is -1.12. The first kappa shape index (κ1) is 21.5. The quantitative estimate of drug-likeness (QED) is 0.408. The third-order valence-electron chi connectivity index (χ3n) is 3.09. The molecule has 1 aromatic rings. The van der Waals surface area contributed by atoms with Gasteiger partial charge in [0.1, 0.15) is 0 Å². The number of nitrogens with zero attached hydrogens (tertiary/aromatic N) is 1. The Hall–Kier alpha value is -3.50. The fourth-order valence-electron chi connectivity index (χ4n) is 1.95. The molecule has 0 saturated carbocycles. The first-order valence-electron chi connectivity index (χ1n) is 7.75. The molecule has 2 N–H and O–H groups in total. The second kappa shape index (κ2) is 9.27. The Morgan fingerprint density at radius 2 is 1.26 bits per heavy atom. The van der Waals surface area contributed by atoms with Crippen molar-refractivity contribution in [1.82, 2.24) is 0 Å². The lowest BCUT2D eigenvalue weighted by atomic mass is 10.2. The van der Waals surface area contributed by atoms with Gasteiger partial charge in [0.05, 0.1) is 4.92 Å². The summed E-state index contributed by atoms with van der Waals surface area (Å²) in [7, 11) is 0. The molecule has 0 saturated heterocycles. The number of carbonyl (C=O) groups excluding carboxylic acids is 4. The van der Waals surface area contributed by atoms with Crippen molar-refractivity contribution in [2.24, 2.45) is 0 Å². The monoisotopic (exact) mass is 381 g/mol. The highest BCUT2D eigenvalue weighted by molar-refractivity contribution is 5.98. The van der Waals surface area contributed by atoms with E-state index in [0.717, 1.165) is 26.0 Å². The lowest BCUT2D eigenvalue weighted by Crippen LogP contribution is -2.30. The highest BCUT2D eigenvalue weighted by Gasteiger charge is 2.20. The molecule has 0 bridgehead atoms. The number of carbonyl (C=O) groups is 4. The molecule has 2 atom stereocenters. The summed E-state index contributed by atoms with van der Waals surface area (Å²) in [6.45, 7) is 4.93. The van der Waals surface area contributed by atoms with Crippen LogP contribution in [-0.2, 0) is 28.7 Å². The number of rotatable bonds is 7. The Morgan fingerprint density at radius 1 is 0.889 bits per heavy atom. The van der Waals surface area contributed by atoms with Crippen LogP contribution in [0.1, 0.15) is 27.7 Å². The number of benzene rings is 1. The van der Waals surface area contributed by atoms with Crippen LogP contribution in [0.4, 0.5) is 17.1 Å². The molecule has 0 heterocycles. The van der Waals surface area contributed by atoms with Crippen LogP contribution >= 0.6 is 0 Å². The second-order valence-electron chi connectivity index (χ2n) is 5.51. The summed E-state index contributed by atoms with van der Waals surface area (Å²) >= 11 is 0. The SMILES string of the molecule is CC(=O)OC(C)C(=O)Nc1cc(NC(=O)C(C)OC(C)=O)cc([N+](=O)[O-])c1. The van der Waals surface area contributed by atoms with E-state index in [1.165, 1.54) is 19.9 Å². The summed E-state index contributed by atoms with van der Waals surface area (Å²) in [6.07, 6.45) is -2.24. The highest BCUT2D eigenvalue weighted by atomic mass is 16.6. The average molecular weight is 381 g/mol. The maximum absolute atomic E-state index is 12.0. The fourth-order valence-corrected chi connectivity index (χ4v) is 1.95. The zero-order valence-electron chi connectivity index (χ0n) is 15.1. The first-order chi connectivity index (χ1) is 12.5. The number of hydrogen-bond donors (Lipinski definition) is 2. The van der Waals surface area contributed by atoms with Gasteiger partial charge in [0.2, 0.25) is 0 Å². The fraction of sp³-hybridized carbons (Fsp3) is 0.375. The van der Waals surface area contributed by atoms with Crippen molar-refractivity contribution in [3.8, 4) is 0 Å². The molecular weight excluding hydrogens is 362 g/mol. The number of non-ortho nitro benzene ring substituents is 1.